The van der Waals surface area contributed by atoms with E-state index in [0.29, 0.717) is 17.6 Å². The van der Waals surface area contributed by atoms with E-state index in [0.717, 1.165) is 5.57 Å². The molecule has 1 amide bonds. The number of amides is 1. The molecule has 0 saturated carbocycles. The Balaban J connectivity index is 1.61. The van der Waals surface area contributed by atoms with Crippen LogP contribution in [0.3, 0.4) is 0 Å². The third-order valence-corrected chi connectivity index (χ3v) is 5.94. The molecule has 0 spiro atoms. The maximum Gasteiger partial charge on any atom is 0.410 e. The van der Waals surface area contributed by atoms with Crippen LogP contribution < -0.4 is 10.5 Å². The number of allylic oxidation sites excluding steroid dienone is 1. The van der Waals surface area contributed by atoms with E-state index in [9.17, 15) is 18.0 Å². The van der Waals surface area contributed by atoms with Crippen LogP contribution in [0.4, 0.5) is 4.79 Å². The number of nitrogens with two attached hydrogens (primary N) is 1. The summed E-state index contributed by atoms with van der Waals surface area (Å²) in [6.45, 7) is 2.03. The summed E-state index contributed by atoms with van der Waals surface area (Å²) in [7, 11) is -2.46. The van der Waals surface area contributed by atoms with Crippen molar-refractivity contribution in [3.63, 3.8) is 0 Å². The van der Waals surface area contributed by atoms with Gasteiger partial charge in [-0.25, -0.2) is 23.1 Å². The number of ether oxygens (including phenoxy) is 3. The van der Waals surface area contributed by atoms with Crippen molar-refractivity contribution in [3.05, 3.63) is 53.3 Å². The van der Waals surface area contributed by atoms with Crippen LogP contribution in [-0.4, -0.2) is 33.9 Å². The van der Waals surface area contributed by atoms with Crippen molar-refractivity contribution in [1.29, 1.82) is 0 Å². The van der Waals surface area contributed by atoms with Gasteiger partial charge in [0.25, 0.3) is 6.29 Å². The van der Waals surface area contributed by atoms with Gasteiger partial charge >= 0.3 is 12.1 Å². The van der Waals surface area contributed by atoms with Crippen molar-refractivity contribution >= 4 is 22.1 Å². The average molecular weight is 422 g/mol. The lowest BCUT2D eigenvalue weighted by molar-refractivity contribution is -0.141. The Morgan fingerprint density at radius 1 is 1.28 bits per heavy atom. The largest absolute Gasteiger partial charge is 0.466 e. The van der Waals surface area contributed by atoms with Crippen LogP contribution in [0.1, 0.15) is 18.9 Å². The Bertz CT molecular complexity index is 967. The second-order valence-corrected chi connectivity index (χ2v) is 8.39. The van der Waals surface area contributed by atoms with Gasteiger partial charge in [0.05, 0.1) is 29.8 Å². The topological polar surface area (TPSA) is 134 Å². The Morgan fingerprint density at radius 3 is 2.59 bits per heavy atom. The number of methoxy groups -OCH3 is 1. The molecule has 3 rings (SSSR count). The predicted molar refractivity (Wildman–Crippen MR) is 101 cm³/mol. The lowest BCUT2D eigenvalue weighted by Crippen LogP contribution is -2.40. The standard InChI is InChI=1S/C19H22N2O7S/c1-11-3-8-14-15(17(22)26-2)10-27-18(16(11)14)28-19(23)21-9-12-4-6-13(7-5-12)29(20,24)25/h3-7,10,14,16,18H,8-9H2,1-2H3,(H,21,23)(H2,20,24,25). The van der Waals surface area contributed by atoms with Crippen LogP contribution in [-0.2, 0) is 35.6 Å². The Labute approximate surface area is 168 Å². The first-order valence-corrected chi connectivity index (χ1v) is 10.4. The van der Waals surface area contributed by atoms with Crippen molar-refractivity contribution in [2.75, 3.05) is 7.11 Å². The number of fused-ring (bicyclic) bond motifs is 1. The van der Waals surface area contributed by atoms with Gasteiger partial charge in [-0.15, -0.1) is 0 Å². The molecule has 3 unspecified atom stereocenters. The van der Waals surface area contributed by atoms with E-state index >= 15 is 0 Å². The molecule has 0 saturated heterocycles. The van der Waals surface area contributed by atoms with Crippen molar-refractivity contribution < 1.29 is 32.2 Å². The summed E-state index contributed by atoms with van der Waals surface area (Å²) >= 11 is 0. The average Bonchev–Trinajstić information content (AvgIpc) is 3.08. The van der Waals surface area contributed by atoms with Gasteiger partial charge in [-0.2, -0.15) is 0 Å². The van der Waals surface area contributed by atoms with E-state index < -0.39 is 28.4 Å². The minimum atomic E-state index is -3.77. The smallest absolute Gasteiger partial charge is 0.410 e. The molecule has 1 heterocycles. The fourth-order valence-corrected chi connectivity index (χ4v) is 4.00. The molecule has 9 nitrogen and oxygen atoms in total. The summed E-state index contributed by atoms with van der Waals surface area (Å²) in [6.07, 6.45) is 2.36. The number of carbonyl (C=O) groups is 2. The minimum Gasteiger partial charge on any atom is -0.466 e. The molecule has 1 aliphatic heterocycles. The van der Waals surface area contributed by atoms with E-state index in [4.69, 9.17) is 19.3 Å². The highest BCUT2D eigenvalue weighted by atomic mass is 32.2. The van der Waals surface area contributed by atoms with Gasteiger partial charge < -0.3 is 19.5 Å². The van der Waals surface area contributed by atoms with E-state index in [1.54, 1.807) is 12.1 Å². The lowest BCUT2D eigenvalue weighted by atomic mass is 9.84. The van der Waals surface area contributed by atoms with Crippen LogP contribution in [0.25, 0.3) is 0 Å². The molecule has 1 aromatic carbocycles. The van der Waals surface area contributed by atoms with E-state index in [1.807, 2.05) is 13.0 Å². The molecular weight excluding hydrogens is 400 g/mol. The normalized spacial score (nSPS) is 23.2. The zero-order chi connectivity index (χ0) is 21.2. The van der Waals surface area contributed by atoms with Crippen LogP contribution in [0.2, 0.25) is 0 Å². The molecule has 2 aliphatic rings. The summed E-state index contributed by atoms with van der Waals surface area (Å²) in [6, 6.07) is 5.81. The third kappa shape index (κ3) is 4.60. The maximum atomic E-state index is 12.2. The molecule has 156 valence electrons. The quantitative estimate of drug-likeness (QED) is 0.543. The van der Waals surface area contributed by atoms with E-state index in [2.05, 4.69) is 5.32 Å². The number of esters is 1. The predicted octanol–water partition coefficient (Wildman–Crippen LogP) is 1.56. The summed E-state index contributed by atoms with van der Waals surface area (Å²) in [5, 5.41) is 7.65. The molecule has 0 radical (unpaired) electrons. The van der Waals surface area contributed by atoms with Crippen LogP contribution in [0, 0.1) is 11.8 Å². The van der Waals surface area contributed by atoms with Crippen molar-refractivity contribution in [2.24, 2.45) is 17.0 Å². The zero-order valence-electron chi connectivity index (χ0n) is 16.0. The molecule has 0 fully saturated rings. The van der Waals surface area contributed by atoms with Gasteiger partial charge in [0.1, 0.15) is 0 Å². The Morgan fingerprint density at radius 2 is 1.97 bits per heavy atom. The number of primary sulfonamides is 1. The van der Waals surface area contributed by atoms with Crippen molar-refractivity contribution in [3.8, 4) is 0 Å². The SMILES string of the molecule is COC(=O)C1=COC(OC(=O)NCc2ccc(S(N)(=O)=O)cc2)C2C(C)=CCC12. The highest BCUT2D eigenvalue weighted by molar-refractivity contribution is 7.89. The first kappa shape index (κ1) is 20.9. The number of rotatable bonds is 5. The Hall–Kier alpha value is -2.85. The second kappa shape index (κ2) is 8.26. The Kier molecular flexibility index (Phi) is 5.94. The zero-order valence-corrected chi connectivity index (χ0v) is 16.8. The first-order valence-electron chi connectivity index (χ1n) is 8.87. The fourth-order valence-electron chi connectivity index (χ4n) is 3.49. The van der Waals surface area contributed by atoms with E-state index in [-0.39, 0.29) is 23.3 Å². The van der Waals surface area contributed by atoms with Gasteiger partial charge in [0.15, 0.2) is 0 Å². The van der Waals surface area contributed by atoms with E-state index in [1.165, 1.54) is 25.5 Å². The summed E-state index contributed by atoms with van der Waals surface area (Å²) in [4.78, 5) is 24.1. The molecular formula is C19H22N2O7S. The summed E-state index contributed by atoms with van der Waals surface area (Å²) in [5.41, 5.74) is 2.06. The third-order valence-electron chi connectivity index (χ3n) is 5.01. The molecule has 10 heteroatoms. The number of alkyl carbamates (subject to hydrolysis) is 1. The maximum absolute atomic E-state index is 12.2. The van der Waals surface area contributed by atoms with Gasteiger partial charge in [-0.1, -0.05) is 23.8 Å². The summed E-state index contributed by atoms with van der Waals surface area (Å²) in [5.74, 6) is -0.900. The molecule has 0 aromatic heterocycles. The molecule has 3 atom stereocenters. The highest BCUT2D eigenvalue weighted by Crippen LogP contribution is 2.43. The molecule has 0 bridgehead atoms. The summed E-state index contributed by atoms with van der Waals surface area (Å²) < 4.78 is 38.2. The number of benzene rings is 1. The van der Waals surface area contributed by atoms with Gasteiger partial charge in [-0.3, -0.25) is 0 Å². The fraction of sp³-hybridized carbons (Fsp3) is 0.368. The van der Waals surface area contributed by atoms with Crippen LogP contribution in [0.5, 0.6) is 0 Å². The molecule has 3 N–H and O–H groups in total. The highest BCUT2D eigenvalue weighted by Gasteiger charge is 2.44. The lowest BCUT2D eigenvalue weighted by Gasteiger charge is -2.33. The van der Waals surface area contributed by atoms with Gasteiger partial charge in [0, 0.05) is 12.5 Å². The minimum absolute atomic E-state index is 0.0119. The van der Waals surface area contributed by atoms with Crippen LogP contribution >= 0.6 is 0 Å². The first-order chi connectivity index (χ1) is 13.7. The number of carbonyl (C=O) groups excluding carboxylic acids is 2. The molecule has 1 aromatic rings. The van der Waals surface area contributed by atoms with Crippen molar-refractivity contribution in [2.45, 2.75) is 31.1 Å². The van der Waals surface area contributed by atoms with Crippen molar-refractivity contribution in [1.82, 2.24) is 5.32 Å². The number of sulfonamides is 1. The second-order valence-electron chi connectivity index (χ2n) is 6.83. The number of hydrogen-bond acceptors (Lipinski definition) is 7. The monoisotopic (exact) mass is 422 g/mol. The van der Waals surface area contributed by atoms with Crippen LogP contribution in [0.15, 0.2) is 52.6 Å². The van der Waals surface area contributed by atoms with Gasteiger partial charge in [-0.05, 0) is 31.0 Å². The molecule has 29 heavy (non-hydrogen) atoms. The van der Waals surface area contributed by atoms with Gasteiger partial charge in [0.2, 0.25) is 10.0 Å². The number of hydrogen-bond donors (Lipinski definition) is 2. The number of nitrogens with one attached hydrogen (secondary N) is 1. The molecule has 1 aliphatic carbocycles.